The number of anilines is 1. The van der Waals surface area contributed by atoms with E-state index in [1.807, 2.05) is 12.1 Å². The molecule has 2 aliphatic rings. The Morgan fingerprint density at radius 1 is 1.00 bits per heavy atom. The molecule has 1 aromatic carbocycles. The van der Waals surface area contributed by atoms with Gasteiger partial charge in [-0.15, -0.1) is 0 Å². The Kier molecular flexibility index (Phi) is 4.21. The summed E-state index contributed by atoms with van der Waals surface area (Å²) in [6, 6.07) is 6.94. The molecule has 0 amide bonds. The molecule has 0 aromatic heterocycles. The van der Waals surface area contributed by atoms with Crippen LogP contribution in [-0.2, 0) is 0 Å². The van der Waals surface area contributed by atoms with Gasteiger partial charge in [0.1, 0.15) is 0 Å². The first-order valence-corrected chi connectivity index (χ1v) is 7.94. The molecule has 104 valence electrons. The molecule has 0 spiro atoms. The zero-order valence-corrected chi connectivity index (χ0v) is 12.5. The second-order valence-electron chi connectivity index (χ2n) is 5.71. The maximum Gasteiger partial charge on any atom is 0.0441 e. The van der Waals surface area contributed by atoms with Crippen LogP contribution in [0.25, 0.3) is 0 Å². The molecular weight excluding hydrogens is 279 g/mol. The molecule has 0 bridgehead atoms. The van der Waals surface area contributed by atoms with E-state index < -0.39 is 0 Å². The summed E-state index contributed by atoms with van der Waals surface area (Å²) < 4.78 is 0. The molecule has 19 heavy (non-hydrogen) atoms. The van der Waals surface area contributed by atoms with E-state index in [-0.39, 0.29) is 0 Å². The molecule has 1 heterocycles. The van der Waals surface area contributed by atoms with Crippen molar-refractivity contribution in [1.29, 1.82) is 0 Å². The van der Waals surface area contributed by atoms with Crippen LogP contribution in [-0.4, -0.2) is 18.6 Å². The number of hydrogen-bond donors (Lipinski definition) is 2. The Morgan fingerprint density at radius 2 is 1.79 bits per heavy atom. The van der Waals surface area contributed by atoms with Gasteiger partial charge in [0.25, 0.3) is 0 Å². The standard InChI is InChI=1S/C15H20Cl2N2/c16-10-7-11(17)9-12(8-10)19-15-4-1-3-13(15)14-5-2-6-18-14/h7-9,13-15,18-19H,1-6H2. The van der Waals surface area contributed by atoms with Crippen LogP contribution in [0.3, 0.4) is 0 Å². The van der Waals surface area contributed by atoms with Crippen LogP contribution in [0.4, 0.5) is 5.69 Å². The summed E-state index contributed by atoms with van der Waals surface area (Å²) in [6.45, 7) is 1.18. The Hall–Kier alpha value is -0.440. The lowest BCUT2D eigenvalue weighted by Crippen LogP contribution is -2.38. The summed E-state index contributed by atoms with van der Waals surface area (Å²) >= 11 is 12.1. The third kappa shape index (κ3) is 3.18. The maximum absolute atomic E-state index is 6.06. The van der Waals surface area contributed by atoms with Crippen molar-refractivity contribution >= 4 is 28.9 Å². The lowest BCUT2D eigenvalue weighted by Gasteiger charge is -2.27. The van der Waals surface area contributed by atoms with Crippen molar-refractivity contribution < 1.29 is 0 Å². The SMILES string of the molecule is Clc1cc(Cl)cc(NC2CCCC2C2CCCN2)c1. The van der Waals surface area contributed by atoms with E-state index in [1.165, 1.54) is 38.6 Å². The van der Waals surface area contributed by atoms with Gasteiger partial charge in [-0.05, 0) is 56.3 Å². The van der Waals surface area contributed by atoms with Gasteiger partial charge < -0.3 is 10.6 Å². The predicted octanol–water partition coefficient (Wildman–Crippen LogP) is 4.33. The fourth-order valence-corrected chi connectivity index (χ4v) is 4.10. The molecule has 1 saturated heterocycles. The Morgan fingerprint density at radius 3 is 2.47 bits per heavy atom. The van der Waals surface area contributed by atoms with Crippen LogP contribution < -0.4 is 10.6 Å². The average Bonchev–Trinajstić information content (AvgIpc) is 2.96. The lowest BCUT2D eigenvalue weighted by molar-refractivity contribution is 0.376. The normalized spacial score (nSPS) is 30.7. The Labute approximate surface area is 124 Å². The molecule has 0 radical (unpaired) electrons. The number of nitrogens with one attached hydrogen (secondary N) is 2. The monoisotopic (exact) mass is 298 g/mol. The summed E-state index contributed by atoms with van der Waals surface area (Å²) in [5, 5.41) is 8.68. The van der Waals surface area contributed by atoms with E-state index in [4.69, 9.17) is 23.2 Å². The van der Waals surface area contributed by atoms with Crippen molar-refractivity contribution in [3.05, 3.63) is 28.2 Å². The van der Waals surface area contributed by atoms with E-state index in [2.05, 4.69) is 10.6 Å². The summed E-state index contributed by atoms with van der Waals surface area (Å²) in [5.41, 5.74) is 1.05. The van der Waals surface area contributed by atoms with Gasteiger partial charge in [0.15, 0.2) is 0 Å². The van der Waals surface area contributed by atoms with Crippen LogP contribution in [0.15, 0.2) is 18.2 Å². The largest absolute Gasteiger partial charge is 0.382 e. The van der Waals surface area contributed by atoms with Crippen molar-refractivity contribution in [3.8, 4) is 0 Å². The van der Waals surface area contributed by atoms with Gasteiger partial charge in [0.2, 0.25) is 0 Å². The quantitative estimate of drug-likeness (QED) is 0.868. The first kappa shape index (κ1) is 13.5. The summed E-state index contributed by atoms with van der Waals surface area (Å²) in [6.07, 6.45) is 6.52. The van der Waals surface area contributed by atoms with Gasteiger partial charge in [-0.25, -0.2) is 0 Å². The fourth-order valence-electron chi connectivity index (χ4n) is 3.58. The molecule has 3 rings (SSSR count). The molecule has 3 atom stereocenters. The zero-order valence-electron chi connectivity index (χ0n) is 11.0. The van der Waals surface area contributed by atoms with Crippen LogP contribution in [0.1, 0.15) is 32.1 Å². The molecule has 3 unspecified atom stereocenters. The number of hydrogen-bond acceptors (Lipinski definition) is 2. The third-order valence-electron chi connectivity index (χ3n) is 4.40. The van der Waals surface area contributed by atoms with Gasteiger partial charge >= 0.3 is 0 Å². The maximum atomic E-state index is 6.06. The van der Waals surface area contributed by atoms with Crippen LogP contribution in [0.2, 0.25) is 10.0 Å². The molecule has 2 fully saturated rings. The molecule has 2 nitrogen and oxygen atoms in total. The highest BCUT2D eigenvalue weighted by Crippen LogP contribution is 2.34. The Balaban J connectivity index is 1.70. The van der Waals surface area contributed by atoms with Crippen molar-refractivity contribution in [2.24, 2.45) is 5.92 Å². The molecular formula is C15H20Cl2N2. The highest BCUT2D eigenvalue weighted by Gasteiger charge is 2.34. The van der Waals surface area contributed by atoms with E-state index >= 15 is 0 Å². The van der Waals surface area contributed by atoms with Gasteiger partial charge in [-0.1, -0.05) is 29.6 Å². The molecule has 1 aliphatic carbocycles. The topological polar surface area (TPSA) is 24.1 Å². The molecule has 1 aliphatic heterocycles. The van der Waals surface area contributed by atoms with Gasteiger partial charge in [0.05, 0.1) is 0 Å². The summed E-state index contributed by atoms with van der Waals surface area (Å²) in [7, 11) is 0. The van der Waals surface area contributed by atoms with E-state index in [9.17, 15) is 0 Å². The van der Waals surface area contributed by atoms with Crippen molar-refractivity contribution in [2.75, 3.05) is 11.9 Å². The molecule has 4 heteroatoms. The van der Waals surface area contributed by atoms with Gasteiger partial charge in [-0.2, -0.15) is 0 Å². The van der Waals surface area contributed by atoms with E-state index in [0.717, 1.165) is 11.6 Å². The molecule has 1 saturated carbocycles. The van der Waals surface area contributed by atoms with Crippen molar-refractivity contribution in [3.63, 3.8) is 0 Å². The molecule has 1 aromatic rings. The lowest BCUT2D eigenvalue weighted by atomic mass is 9.93. The second-order valence-corrected chi connectivity index (χ2v) is 6.58. The number of halogens is 2. The average molecular weight is 299 g/mol. The van der Waals surface area contributed by atoms with Gasteiger partial charge in [-0.3, -0.25) is 0 Å². The first-order chi connectivity index (χ1) is 9.22. The van der Waals surface area contributed by atoms with E-state index in [0.29, 0.717) is 22.1 Å². The highest BCUT2D eigenvalue weighted by molar-refractivity contribution is 6.35. The number of benzene rings is 1. The van der Waals surface area contributed by atoms with Crippen LogP contribution >= 0.6 is 23.2 Å². The minimum atomic E-state index is 0.546. The smallest absolute Gasteiger partial charge is 0.0441 e. The Bertz CT molecular complexity index is 424. The molecule has 2 N–H and O–H groups in total. The van der Waals surface area contributed by atoms with Crippen molar-refractivity contribution in [2.45, 2.75) is 44.2 Å². The first-order valence-electron chi connectivity index (χ1n) is 7.18. The zero-order chi connectivity index (χ0) is 13.2. The van der Waals surface area contributed by atoms with Gasteiger partial charge in [0, 0.05) is 27.8 Å². The number of rotatable bonds is 3. The van der Waals surface area contributed by atoms with Crippen LogP contribution in [0, 0.1) is 5.92 Å². The fraction of sp³-hybridized carbons (Fsp3) is 0.600. The second kappa shape index (κ2) is 5.90. The van der Waals surface area contributed by atoms with E-state index in [1.54, 1.807) is 6.07 Å². The third-order valence-corrected chi connectivity index (χ3v) is 4.84. The summed E-state index contributed by atoms with van der Waals surface area (Å²) in [5.74, 6) is 0.736. The highest BCUT2D eigenvalue weighted by atomic mass is 35.5. The minimum Gasteiger partial charge on any atom is -0.382 e. The predicted molar refractivity (Wildman–Crippen MR) is 82.2 cm³/mol. The summed E-state index contributed by atoms with van der Waals surface area (Å²) in [4.78, 5) is 0. The van der Waals surface area contributed by atoms with Crippen molar-refractivity contribution in [1.82, 2.24) is 5.32 Å². The van der Waals surface area contributed by atoms with Crippen LogP contribution in [0.5, 0.6) is 0 Å². The minimum absolute atomic E-state index is 0.546.